The Balaban J connectivity index is 1.98. The molecule has 0 saturated heterocycles. The van der Waals surface area contributed by atoms with Crippen molar-refractivity contribution in [1.29, 1.82) is 0 Å². The van der Waals surface area contributed by atoms with Gasteiger partial charge in [0.25, 0.3) is 0 Å². The molecule has 1 aliphatic rings. The van der Waals surface area contributed by atoms with Crippen molar-refractivity contribution in [3.05, 3.63) is 117 Å². The lowest BCUT2D eigenvalue weighted by molar-refractivity contribution is 0.468. The first-order valence-corrected chi connectivity index (χ1v) is 11.8. The summed E-state index contributed by atoms with van der Waals surface area (Å²) in [5.74, 6) is 0.673. The van der Waals surface area contributed by atoms with Crippen LogP contribution in [0, 0.1) is 13.8 Å². The van der Waals surface area contributed by atoms with Crippen LogP contribution in [0.15, 0.2) is 72.8 Å². The molecule has 0 bridgehead atoms. The molecule has 0 amide bonds. The van der Waals surface area contributed by atoms with Gasteiger partial charge in [0, 0.05) is 0 Å². The zero-order valence-corrected chi connectivity index (χ0v) is 19.7. The number of rotatable bonds is 4. The van der Waals surface area contributed by atoms with Crippen molar-refractivity contribution >= 4 is 0 Å². The number of hydrogen-bond acceptors (Lipinski definition) is 2. The van der Waals surface area contributed by atoms with Gasteiger partial charge in [-0.05, 0) is 83.3 Å². The third-order valence-corrected chi connectivity index (χ3v) is 7.24. The average molecular weight is 435 g/mol. The van der Waals surface area contributed by atoms with E-state index in [9.17, 15) is 10.2 Å². The largest absolute Gasteiger partial charge is 0.508 e. The number of phenols is 2. The zero-order valence-electron chi connectivity index (χ0n) is 19.7. The zero-order chi connectivity index (χ0) is 23.3. The molecule has 4 aromatic carbocycles. The quantitative estimate of drug-likeness (QED) is 0.314. The van der Waals surface area contributed by atoms with E-state index in [2.05, 4.69) is 88.4 Å². The smallest absolute Gasteiger partial charge is 0.118 e. The first kappa shape index (κ1) is 21.3. The topological polar surface area (TPSA) is 40.5 Å². The molecule has 0 radical (unpaired) electrons. The number of phenolic OH excluding ortho intramolecular Hbond substituents is 2. The lowest BCUT2D eigenvalue weighted by Gasteiger charge is -2.35. The Bertz CT molecular complexity index is 1270. The maximum Gasteiger partial charge on any atom is 0.118 e. The lowest BCUT2D eigenvalue weighted by Crippen LogP contribution is -2.29. The molecule has 166 valence electrons. The molecule has 0 saturated carbocycles. The van der Waals surface area contributed by atoms with Gasteiger partial charge in [-0.15, -0.1) is 0 Å². The van der Waals surface area contributed by atoms with Gasteiger partial charge in [-0.1, -0.05) is 85.6 Å². The van der Waals surface area contributed by atoms with Gasteiger partial charge in [0.2, 0.25) is 0 Å². The van der Waals surface area contributed by atoms with Crippen molar-refractivity contribution in [1.82, 2.24) is 0 Å². The molecule has 2 heteroatoms. The van der Waals surface area contributed by atoms with Crippen LogP contribution in [0.25, 0.3) is 11.1 Å². The SMILES string of the molecule is CCc1cc(C2(c3ccc(O)c(CC)c3)c3cc(C)ccc3-c3ccc(C)cc32)ccc1O. The number of hydrogen-bond donors (Lipinski definition) is 2. The highest BCUT2D eigenvalue weighted by Crippen LogP contribution is 2.57. The van der Waals surface area contributed by atoms with Gasteiger partial charge in [-0.2, -0.15) is 0 Å². The minimum Gasteiger partial charge on any atom is -0.508 e. The summed E-state index contributed by atoms with van der Waals surface area (Å²) < 4.78 is 0. The van der Waals surface area contributed by atoms with Gasteiger partial charge in [-0.3, -0.25) is 0 Å². The molecule has 33 heavy (non-hydrogen) atoms. The predicted molar refractivity (Wildman–Crippen MR) is 135 cm³/mol. The van der Waals surface area contributed by atoms with E-state index >= 15 is 0 Å². The van der Waals surface area contributed by atoms with Gasteiger partial charge >= 0.3 is 0 Å². The average Bonchev–Trinajstić information content (AvgIpc) is 3.09. The molecule has 4 aromatic rings. The highest BCUT2D eigenvalue weighted by molar-refractivity contribution is 5.87. The molecule has 0 aliphatic heterocycles. The van der Waals surface area contributed by atoms with Crippen LogP contribution in [-0.4, -0.2) is 10.2 Å². The normalized spacial score (nSPS) is 13.6. The minimum atomic E-state index is -0.530. The van der Waals surface area contributed by atoms with Crippen LogP contribution in [0.4, 0.5) is 0 Å². The van der Waals surface area contributed by atoms with Crippen LogP contribution in [0.3, 0.4) is 0 Å². The molecule has 0 fully saturated rings. The summed E-state index contributed by atoms with van der Waals surface area (Å²) in [6.07, 6.45) is 1.51. The Labute approximate surface area is 196 Å². The van der Waals surface area contributed by atoms with E-state index in [-0.39, 0.29) is 0 Å². The van der Waals surface area contributed by atoms with E-state index in [0.717, 1.165) is 35.1 Å². The Morgan fingerprint density at radius 3 is 1.39 bits per heavy atom. The van der Waals surface area contributed by atoms with Crippen molar-refractivity contribution < 1.29 is 10.2 Å². The number of aromatic hydroxyl groups is 2. The monoisotopic (exact) mass is 434 g/mol. The highest BCUT2D eigenvalue weighted by atomic mass is 16.3. The van der Waals surface area contributed by atoms with Crippen molar-refractivity contribution in [3.63, 3.8) is 0 Å². The molecule has 5 rings (SSSR count). The highest BCUT2D eigenvalue weighted by Gasteiger charge is 2.46. The number of fused-ring (bicyclic) bond motifs is 3. The van der Waals surface area contributed by atoms with Crippen molar-refractivity contribution in [3.8, 4) is 22.6 Å². The van der Waals surface area contributed by atoms with E-state index in [0.29, 0.717) is 11.5 Å². The standard InChI is InChI=1S/C31H30O2/c1-5-21-17-23(9-13-29(21)32)31(24-10-14-30(33)22(6-2)18-24)27-15-19(3)7-11-25(27)26-12-8-20(4)16-28(26)31/h7-18,32-33H,5-6H2,1-4H3. The van der Waals surface area contributed by atoms with Gasteiger partial charge in [-0.25, -0.2) is 0 Å². The van der Waals surface area contributed by atoms with Crippen molar-refractivity contribution in [2.24, 2.45) is 0 Å². The van der Waals surface area contributed by atoms with Gasteiger partial charge in [0.1, 0.15) is 11.5 Å². The van der Waals surface area contributed by atoms with E-state index in [4.69, 9.17) is 0 Å². The van der Waals surface area contributed by atoms with Crippen LogP contribution >= 0.6 is 0 Å². The summed E-state index contributed by atoms with van der Waals surface area (Å²) in [5.41, 5.74) is 11.1. The predicted octanol–water partition coefficient (Wildman–Crippen LogP) is 7.20. The Morgan fingerprint density at radius 2 is 1.00 bits per heavy atom. The third-order valence-electron chi connectivity index (χ3n) is 7.24. The molecule has 0 atom stereocenters. The van der Waals surface area contributed by atoms with Crippen LogP contribution in [0.1, 0.15) is 58.4 Å². The maximum atomic E-state index is 10.5. The number of aryl methyl sites for hydroxylation is 4. The first-order chi connectivity index (χ1) is 15.9. The Morgan fingerprint density at radius 1 is 0.576 bits per heavy atom. The fourth-order valence-electron chi connectivity index (χ4n) is 5.54. The molecule has 2 N–H and O–H groups in total. The molecule has 0 heterocycles. The fourth-order valence-corrected chi connectivity index (χ4v) is 5.54. The van der Waals surface area contributed by atoms with Crippen molar-refractivity contribution in [2.75, 3.05) is 0 Å². The fraction of sp³-hybridized carbons (Fsp3) is 0.226. The maximum absolute atomic E-state index is 10.5. The Hall–Kier alpha value is -3.52. The third kappa shape index (κ3) is 3.08. The van der Waals surface area contributed by atoms with E-state index in [1.165, 1.54) is 33.4 Å². The van der Waals surface area contributed by atoms with Gasteiger partial charge in [0.15, 0.2) is 0 Å². The van der Waals surface area contributed by atoms with Crippen molar-refractivity contribution in [2.45, 2.75) is 46.0 Å². The first-order valence-electron chi connectivity index (χ1n) is 11.8. The summed E-state index contributed by atoms with van der Waals surface area (Å²) in [7, 11) is 0. The summed E-state index contributed by atoms with van der Waals surface area (Å²) in [6.45, 7) is 8.43. The van der Waals surface area contributed by atoms with E-state index in [1.54, 1.807) is 0 Å². The van der Waals surface area contributed by atoms with E-state index in [1.807, 2.05) is 12.1 Å². The van der Waals surface area contributed by atoms with Crippen LogP contribution in [0.2, 0.25) is 0 Å². The number of benzene rings is 4. The summed E-state index contributed by atoms with van der Waals surface area (Å²) >= 11 is 0. The minimum absolute atomic E-state index is 0.336. The lowest BCUT2D eigenvalue weighted by atomic mass is 9.66. The molecule has 2 nitrogen and oxygen atoms in total. The molecule has 1 aliphatic carbocycles. The van der Waals surface area contributed by atoms with E-state index < -0.39 is 5.41 Å². The van der Waals surface area contributed by atoms with Crippen LogP contribution in [-0.2, 0) is 18.3 Å². The molecular weight excluding hydrogens is 404 g/mol. The molecule has 0 spiro atoms. The second-order valence-electron chi connectivity index (χ2n) is 9.24. The van der Waals surface area contributed by atoms with Gasteiger partial charge < -0.3 is 10.2 Å². The second kappa shape index (κ2) is 7.81. The summed E-state index contributed by atoms with van der Waals surface area (Å²) in [5, 5.41) is 21.0. The van der Waals surface area contributed by atoms with Gasteiger partial charge in [0.05, 0.1) is 5.41 Å². The molecule has 0 aromatic heterocycles. The summed E-state index contributed by atoms with van der Waals surface area (Å²) in [4.78, 5) is 0. The van der Waals surface area contributed by atoms with Crippen LogP contribution < -0.4 is 0 Å². The summed E-state index contributed by atoms with van der Waals surface area (Å²) in [6, 6.07) is 25.6. The Kier molecular flexibility index (Phi) is 5.05. The second-order valence-corrected chi connectivity index (χ2v) is 9.24. The van der Waals surface area contributed by atoms with Crippen LogP contribution in [0.5, 0.6) is 11.5 Å². The molecular formula is C31H30O2. The molecule has 0 unspecified atom stereocenters.